The van der Waals surface area contributed by atoms with Crippen LogP contribution in [0.25, 0.3) is 10.1 Å². The van der Waals surface area contributed by atoms with Gasteiger partial charge in [-0.3, -0.25) is 19.3 Å². The van der Waals surface area contributed by atoms with Gasteiger partial charge in [0.2, 0.25) is 17.7 Å². The summed E-state index contributed by atoms with van der Waals surface area (Å²) in [6.07, 6.45) is 0. The lowest BCUT2D eigenvalue weighted by Gasteiger charge is -2.41. The largest absolute Gasteiger partial charge is 0.366 e. The van der Waals surface area contributed by atoms with Gasteiger partial charge in [0.25, 0.3) is 0 Å². The normalized spacial score (nSPS) is 16.0. The number of hydrogen-bond acceptors (Lipinski definition) is 5. The molecule has 1 unspecified atom stereocenters. The van der Waals surface area contributed by atoms with Crippen LogP contribution in [0.2, 0.25) is 0 Å². The first-order valence-electron chi connectivity index (χ1n) is 10.8. The summed E-state index contributed by atoms with van der Waals surface area (Å²) in [6.45, 7) is 0.479. The highest BCUT2D eigenvalue weighted by atomic mass is 32.1. The lowest BCUT2D eigenvalue weighted by molar-refractivity contribution is -0.124. The van der Waals surface area contributed by atoms with Gasteiger partial charge in [-0.1, -0.05) is 30.3 Å². The van der Waals surface area contributed by atoms with Crippen molar-refractivity contribution >= 4 is 56.2 Å². The molecule has 34 heavy (non-hydrogen) atoms. The molecule has 1 aromatic heterocycles. The smallest absolute Gasteiger partial charge is 0.249 e. The van der Waals surface area contributed by atoms with Crippen molar-refractivity contribution in [1.82, 2.24) is 0 Å². The van der Waals surface area contributed by atoms with Gasteiger partial charge >= 0.3 is 0 Å². The summed E-state index contributed by atoms with van der Waals surface area (Å²) in [5.41, 5.74) is 7.67. The van der Waals surface area contributed by atoms with Gasteiger partial charge in [-0.25, -0.2) is 0 Å². The van der Waals surface area contributed by atoms with Gasteiger partial charge in [0.15, 0.2) is 0 Å². The minimum absolute atomic E-state index is 0.160. The van der Waals surface area contributed by atoms with E-state index in [1.54, 1.807) is 34.4 Å². The van der Waals surface area contributed by atoms with Crippen molar-refractivity contribution in [2.75, 3.05) is 28.2 Å². The van der Waals surface area contributed by atoms with E-state index < -0.39 is 11.9 Å². The van der Waals surface area contributed by atoms with Crippen molar-refractivity contribution < 1.29 is 14.4 Å². The van der Waals surface area contributed by atoms with Crippen LogP contribution in [0.15, 0.2) is 84.2 Å². The molecule has 1 atom stereocenters. The number of fused-ring (bicyclic) bond motifs is 1. The van der Waals surface area contributed by atoms with E-state index >= 15 is 0 Å². The van der Waals surface area contributed by atoms with Gasteiger partial charge in [0, 0.05) is 33.9 Å². The Morgan fingerprint density at radius 2 is 1.76 bits per heavy atom. The van der Waals surface area contributed by atoms with Crippen LogP contribution in [0.5, 0.6) is 0 Å². The Bertz CT molecular complexity index is 1390. The Morgan fingerprint density at radius 1 is 0.941 bits per heavy atom. The van der Waals surface area contributed by atoms with Crippen LogP contribution in [0.1, 0.15) is 10.4 Å². The average molecular weight is 471 g/mol. The maximum absolute atomic E-state index is 13.5. The molecule has 0 radical (unpaired) electrons. The molecule has 1 fully saturated rings. The molecule has 1 saturated heterocycles. The fraction of sp³-hybridized carbons (Fsp3) is 0.115. The summed E-state index contributed by atoms with van der Waals surface area (Å²) in [4.78, 5) is 42.0. The number of benzene rings is 3. The highest BCUT2D eigenvalue weighted by Crippen LogP contribution is 2.30. The van der Waals surface area contributed by atoms with Crippen LogP contribution < -0.4 is 20.9 Å². The second-order valence-electron chi connectivity index (χ2n) is 8.07. The van der Waals surface area contributed by atoms with Crippen molar-refractivity contribution in [3.05, 3.63) is 89.8 Å². The number of para-hydroxylation sites is 1. The SMILES string of the molecule is NC(=O)c1cccc(NC(=O)C2CN(c3ccccc3)CC(=O)N2c2ccc3ccsc3c2)c1. The number of anilines is 3. The maximum Gasteiger partial charge on any atom is 0.249 e. The topological polar surface area (TPSA) is 95.7 Å². The van der Waals surface area contributed by atoms with Crippen LogP contribution in [0.3, 0.4) is 0 Å². The lowest BCUT2D eigenvalue weighted by atomic mass is 10.1. The Labute approximate surface area is 200 Å². The molecule has 3 amide bonds. The number of piperazine rings is 1. The number of hydrogen-bond donors (Lipinski definition) is 2. The number of nitrogens with one attached hydrogen (secondary N) is 1. The van der Waals surface area contributed by atoms with Gasteiger partial charge < -0.3 is 16.0 Å². The average Bonchev–Trinajstić information content (AvgIpc) is 3.32. The molecule has 0 aliphatic carbocycles. The molecule has 3 N–H and O–H groups in total. The van der Waals surface area contributed by atoms with E-state index in [9.17, 15) is 14.4 Å². The number of thiophene rings is 1. The summed E-state index contributed by atoms with van der Waals surface area (Å²) in [5, 5.41) is 5.96. The standard InChI is InChI=1S/C26H22N4O3S/c27-25(32)18-5-4-6-19(13-18)28-26(33)22-15-29(20-7-2-1-3-8-20)16-24(31)30(22)21-10-9-17-11-12-34-23(17)14-21/h1-14,22H,15-16H2,(H2,27,32)(H,28,33). The molecular weight excluding hydrogens is 448 g/mol. The quantitative estimate of drug-likeness (QED) is 0.463. The molecule has 0 saturated carbocycles. The molecule has 1 aliphatic heterocycles. The van der Waals surface area contributed by atoms with Crippen molar-refractivity contribution in [1.29, 1.82) is 0 Å². The third kappa shape index (κ3) is 4.23. The Hall–Kier alpha value is -4.17. The molecule has 1 aliphatic rings. The van der Waals surface area contributed by atoms with E-state index in [2.05, 4.69) is 5.32 Å². The van der Waals surface area contributed by atoms with Crippen LogP contribution >= 0.6 is 11.3 Å². The fourth-order valence-corrected chi connectivity index (χ4v) is 5.02. The number of carbonyl (C=O) groups is 3. The number of nitrogens with zero attached hydrogens (tertiary/aromatic N) is 2. The first-order valence-corrected chi connectivity index (χ1v) is 11.7. The maximum atomic E-state index is 13.5. The number of carbonyl (C=O) groups excluding carboxylic acids is 3. The Balaban J connectivity index is 1.50. The van der Waals surface area contributed by atoms with E-state index in [0.29, 0.717) is 23.5 Å². The van der Waals surface area contributed by atoms with Gasteiger partial charge in [-0.15, -0.1) is 11.3 Å². The zero-order chi connectivity index (χ0) is 23.7. The van der Waals surface area contributed by atoms with Crippen molar-refractivity contribution in [2.24, 2.45) is 5.73 Å². The Kier molecular flexibility index (Phi) is 5.73. The van der Waals surface area contributed by atoms with Crippen LogP contribution in [0, 0.1) is 0 Å². The third-order valence-corrected chi connectivity index (χ3v) is 6.74. The second kappa shape index (κ2) is 8.99. The molecule has 0 bridgehead atoms. The summed E-state index contributed by atoms with van der Waals surface area (Å²) in [6, 6.07) is 23.0. The minimum Gasteiger partial charge on any atom is -0.366 e. The summed E-state index contributed by atoms with van der Waals surface area (Å²) < 4.78 is 1.05. The fourth-order valence-electron chi connectivity index (χ4n) is 4.20. The summed E-state index contributed by atoms with van der Waals surface area (Å²) >= 11 is 1.59. The number of rotatable bonds is 5. The van der Waals surface area contributed by atoms with Crippen molar-refractivity contribution in [3.8, 4) is 0 Å². The van der Waals surface area contributed by atoms with Crippen LogP contribution in [0.4, 0.5) is 17.1 Å². The summed E-state index contributed by atoms with van der Waals surface area (Å²) in [7, 11) is 0. The predicted octanol–water partition coefficient (Wildman–Crippen LogP) is 3.86. The van der Waals surface area contributed by atoms with Crippen LogP contribution in [-0.4, -0.2) is 36.9 Å². The molecule has 0 spiro atoms. The van der Waals surface area contributed by atoms with E-state index in [0.717, 1.165) is 15.8 Å². The van der Waals surface area contributed by atoms with Crippen LogP contribution in [-0.2, 0) is 9.59 Å². The highest BCUT2D eigenvalue weighted by molar-refractivity contribution is 7.17. The predicted molar refractivity (Wildman–Crippen MR) is 135 cm³/mol. The first-order chi connectivity index (χ1) is 16.5. The zero-order valence-electron chi connectivity index (χ0n) is 18.2. The summed E-state index contributed by atoms with van der Waals surface area (Å²) in [5.74, 6) is -1.09. The molecule has 2 heterocycles. The zero-order valence-corrected chi connectivity index (χ0v) is 19.0. The number of nitrogens with two attached hydrogens (primary N) is 1. The van der Waals surface area contributed by atoms with E-state index in [-0.39, 0.29) is 18.4 Å². The van der Waals surface area contributed by atoms with Gasteiger partial charge in [0.1, 0.15) is 6.04 Å². The minimum atomic E-state index is -0.781. The molecular formula is C26H22N4O3S. The third-order valence-electron chi connectivity index (χ3n) is 5.86. The first kappa shape index (κ1) is 21.7. The monoisotopic (exact) mass is 470 g/mol. The molecule has 5 rings (SSSR count). The van der Waals surface area contributed by atoms with Gasteiger partial charge in [-0.05, 0) is 59.3 Å². The highest BCUT2D eigenvalue weighted by Gasteiger charge is 2.38. The molecule has 4 aromatic rings. The Morgan fingerprint density at radius 3 is 2.56 bits per heavy atom. The molecule has 8 heteroatoms. The number of amides is 3. The van der Waals surface area contributed by atoms with Gasteiger partial charge in [-0.2, -0.15) is 0 Å². The van der Waals surface area contributed by atoms with E-state index in [4.69, 9.17) is 5.73 Å². The van der Waals surface area contributed by atoms with E-state index in [1.807, 2.05) is 64.9 Å². The van der Waals surface area contributed by atoms with E-state index in [1.165, 1.54) is 6.07 Å². The molecule has 7 nitrogen and oxygen atoms in total. The number of primary amides is 1. The van der Waals surface area contributed by atoms with Crippen molar-refractivity contribution in [3.63, 3.8) is 0 Å². The molecule has 3 aromatic carbocycles. The lowest BCUT2D eigenvalue weighted by Crippen LogP contribution is -2.61. The van der Waals surface area contributed by atoms with Gasteiger partial charge in [0.05, 0.1) is 6.54 Å². The van der Waals surface area contributed by atoms with Crippen molar-refractivity contribution in [2.45, 2.75) is 6.04 Å². The second-order valence-corrected chi connectivity index (χ2v) is 9.02. The molecule has 170 valence electrons.